The maximum atomic E-state index is 12.1. The fourth-order valence-electron chi connectivity index (χ4n) is 6.69. The first kappa shape index (κ1) is 35.2. The van der Waals surface area contributed by atoms with Crippen LogP contribution >= 0.6 is 23.2 Å². The Labute approximate surface area is 309 Å². The molecule has 2 fully saturated rings. The lowest BCUT2D eigenvalue weighted by atomic mass is 9.98. The molecule has 7 rings (SSSR count). The molecule has 5 heterocycles. The van der Waals surface area contributed by atoms with Crippen LogP contribution in [0.2, 0.25) is 10.0 Å². The molecule has 2 aliphatic heterocycles. The largest absolute Gasteiger partial charge is 0.481 e. The molecule has 2 saturated heterocycles. The zero-order valence-corrected chi connectivity index (χ0v) is 29.7. The van der Waals surface area contributed by atoms with Gasteiger partial charge in [0.25, 0.3) is 0 Å². The van der Waals surface area contributed by atoms with E-state index in [1.165, 1.54) is 12.0 Å². The Morgan fingerprint density at radius 1 is 0.904 bits per heavy atom. The van der Waals surface area contributed by atoms with Crippen LogP contribution in [0.1, 0.15) is 36.8 Å². The number of ether oxygens (including phenoxy) is 1. The topological polar surface area (TPSA) is 163 Å². The van der Waals surface area contributed by atoms with E-state index < -0.39 is 6.09 Å². The van der Waals surface area contributed by atoms with Crippen molar-refractivity contribution in [2.24, 2.45) is 0 Å². The Hall–Kier alpha value is -5.24. The summed E-state index contributed by atoms with van der Waals surface area (Å²) in [7, 11) is 1.48. The van der Waals surface area contributed by atoms with Crippen molar-refractivity contribution < 1.29 is 24.2 Å². The molecule has 15 heteroatoms. The lowest BCUT2D eigenvalue weighted by molar-refractivity contribution is -0.120. The van der Waals surface area contributed by atoms with Gasteiger partial charge in [-0.05, 0) is 31.0 Å². The summed E-state index contributed by atoms with van der Waals surface area (Å²) in [6.07, 6.45) is 4.87. The van der Waals surface area contributed by atoms with Crippen molar-refractivity contribution in [2.75, 3.05) is 20.2 Å². The number of benzene rings is 2. The van der Waals surface area contributed by atoms with Crippen LogP contribution in [-0.2, 0) is 22.7 Å². The number of carboxylic acid groups (broad SMARTS) is 1. The Bertz CT molecular complexity index is 2180. The number of hydrogen-bond donors (Lipinski definition) is 4. The molecule has 0 aliphatic carbocycles. The molecular weight excluding hydrogens is 707 g/mol. The third kappa shape index (κ3) is 7.38. The highest BCUT2D eigenvalue weighted by Gasteiger charge is 2.27. The first-order valence-electron chi connectivity index (χ1n) is 16.9. The predicted molar refractivity (Wildman–Crippen MR) is 196 cm³/mol. The number of nitrogens with one attached hydrogen (secondary N) is 3. The Balaban J connectivity index is 1.13. The second-order valence-electron chi connectivity index (χ2n) is 12.9. The van der Waals surface area contributed by atoms with E-state index in [1.54, 1.807) is 22.8 Å². The van der Waals surface area contributed by atoms with Crippen LogP contribution in [0.3, 0.4) is 0 Å². The van der Waals surface area contributed by atoms with E-state index in [-0.39, 0.29) is 42.9 Å². The molecule has 52 heavy (non-hydrogen) atoms. The fraction of sp³-hybridized carbons (Fsp3) is 0.297. The molecule has 5 aromatic rings. The number of nitrogens with zero attached hydrogens (tertiary/aromatic N) is 5. The van der Waals surface area contributed by atoms with E-state index in [1.807, 2.05) is 48.7 Å². The van der Waals surface area contributed by atoms with E-state index in [0.717, 1.165) is 17.5 Å². The van der Waals surface area contributed by atoms with Crippen LogP contribution in [0.25, 0.3) is 39.3 Å². The standard InChI is InChI=1S/C37H36Cl2N8O5/c1-52-36-21(19-46(37(50)51)20-24-10-13-32(49)43-24)8-11-29(45-36)27-6-2-4-25(33(27)38)26-5-3-7-28(34(26)39)30-14-15-47-35(44-30)22(17-41-47)16-40-18-23-9-12-31(48)42-23/h2-8,11,14-15,17,23-24,40H,9-10,12-13,16,18-20H2,1H3,(H,42,48)(H,43,49)(H,50,51). The minimum absolute atomic E-state index is 0.0333. The summed E-state index contributed by atoms with van der Waals surface area (Å²) in [6, 6.07) is 16.6. The molecule has 0 saturated carbocycles. The molecule has 2 aromatic carbocycles. The van der Waals surface area contributed by atoms with Gasteiger partial charge in [0.15, 0.2) is 5.65 Å². The maximum Gasteiger partial charge on any atom is 0.407 e. The fourth-order valence-corrected chi connectivity index (χ4v) is 7.34. The van der Waals surface area contributed by atoms with Gasteiger partial charge in [-0.3, -0.25) is 9.59 Å². The van der Waals surface area contributed by atoms with Gasteiger partial charge < -0.3 is 30.7 Å². The third-order valence-electron chi connectivity index (χ3n) is 9.36. The van der Waals surface area contributed by atoms with Crippen LogP contribution in [-0.4, -0.2) is 79.8 Å². The van der Waals surface area contributed by atoms with E-state index in [9.17, 15) is 19.5 Å². The van der Waals surface area contributed by atoms with Crippen LogP contribution in [0.5, 0.6) is 5.88 Å². The van der Waals surface area contributed by atoms with Gasteiger partial charge in [-0.2, -0.15) is 5.10 Å². The van der Waals surface area contributed by atoms with Crippen LogP contribution in [0.4, 0.5) is 4.79 Å². The second kappa shape index (κ2) is 15.2. The average Bonchev–Trinajstić information content (AvgIpc) is 3.87. The second-order valence-corrected chi connectivity index (χ2v) is 13.6. The van der Waals surface area contributed by atoms with Crippen molar-refractivity contribution in [3.05, 3.63) is 88.2 Å². The summed E-state index contributed by atoms with van der Waals surface area (Å²) in [4.78, 5) is 46.2. The molecule has 268 valence electrons. The first-order chi connectivity index (χ1) is 25.2. The Kier molecular flexibility index (Phi) is 10.3. The minimum Gasteiger partial charge on any atom is -0.481 e. The van der Waals surface area contributed by atoms with Crippen molar-refractivity contribution in [1.29, 1.82) is 0 Å². The summed E-state index contributed by atoms with van der Waals surface area (Å²) in [5, 5.41) is 24.4. The summed E-state index contributed by atoms with van der Waals surface area (Å²) in [5.74, 6) is 0.273. The maximum absolute atomic E-state index is 12.1. The minimum atomic E-state index is -1.10. The van der Waals surface area contributed by atoms with Gasteiger partial charge >= 0.3 is 6.09 Å². The van der Waals surface area contributed by atoms with Crippen LogP contribution < -0.4 is 20.7 Å². The normalized spacial score (nSPS) is 17.0. The number of carbonyl (C=O) groups excluding carboxylic acids is 2. The molecule has 0 spiro atoms. The van der Waals surface area contributed by atoms with E-state index in [0.29, 0.717) is 81.7 Å². The van der Waals surface area contributed by atoms with Crippen LogP contribution in [0.15, 0.2) is 67.0 Å². The van der Waals surface area contributed by atoms with E-state index >= 15 is 0 Å². The number of rotatable bonds is 12. The zero-order valence-electron chi connectivity index (χ0n) is 28.2. The van der Waals surface area contributed by atoms with Crippen molar-refractivity contribution in [1.82, 2.24) is 40.4 Å². The highest BCUT2D eigenvalue weighted by atomic mass is 35.5. The SMILES string of the molecule is COc1nc(-c2cccc(-c3cccc(-c4ccn5ncc(CNCC6CCC(=O)N6)c5n4)c3Cl)c2Cl)ccc1CN(CC1CCC(=O)N1)C(=O)O. The summed E-state index contributed by atoms with van der Waals surface area (Å²) in [6.45, 7) is 1.40. The number of halogens is 2. The zero-order chi connectivity index (χ0) is 36.4. The number of fused-ring (bicyclic) bond motifs is 1. The summed E-state index contributed by atoms with van der Waals surface area (Å²) >= 11 is 14.2. The molecule has 0 bridgehead atoms. The molecule has 2 atom stereocenters. The summed E-state index contributed by atoms with van der Waals surface area (Å²) in [5.41, 5.74) is 6.16. The molecule has 3 aromatic heterocycles. The highest BCUT2D eigenvalue weighted by Crippen LogP contribution is 2.42. The average molecular weight is 744 g/mol. The molecule has 2 unspecified atom stereocenters. The first-order valence-corrected chi connectivity index (χ1v) is 17.7. The quantitative estimate of drug-likeness (QED) is 0.128. The van der Waals surface area contributed by atoms with Crippen molar-refractivity contribution in [3.63, 3.8) is 0 Å². The van der Waals surface area contributed by atoms with Gasteiger partial charge in [0.05, 0.1) is 41.3 Å². The number of carbonyl (C=O) groups is 3. The van der Waals surface area contributed by atoms with Gasteiger partial charge in [0.2, 0.25) is 17.7 Å². The molecular formula is C37H36Cl2N8O5. The number of methoxy groups -OCH3 is 1. The van der Waals surface area contributed by atoms with Gasteiger partial charge in [0, 0.05) is 84.1 Å². The highest BCUT2D eigenvalue weighted by molar-refractivity contribution is 6.39. The van der Waals surface area contributed by atoms with Crippen LogP contribution in [0, 0.1) is 0 Å². The molecule has 2 aliphatic rings. The van der Waals surface area contributed by atoms with Crippen molar-refractivity contribution in [3.8, 4) is 39.5 Å². The van der Waals surface area contributed by atoms with Gasteiger partial charge in [-0.15, -0.1) is 0 Å². The van der Waals surface area contributed by atoms with Gasteiger partial charge in [0.1, 0.15) is 0 Å². The van der Waals surface area contributed by atoms with Crippen molar-refractivity contribution >= 4 is 46.8 Å². The predicted octanol–water partition coefficient (Wildman–Crippen LogP) is 5.57. The lowest BCUT2D eigenvalue weighted by Gasteiger charge is -2.23. The van der Waals surface area contributed by atoms with E-state index in [2.05, 4.69) is 21.0 Å². The molecule has 0 radical (unpaired) electrons. The number of hydrogen-bond acceptors (Lipinski definition) is 8. The molecule has 4 N–H and O–H groups in total. The number of amides is 3. The Morgan fingerprint density at radius 2 is 1.54 bits per heavy atom. The smallest absolute Gasteiger partial charge is 0.407 e. The Morgan fingerprint density at radius 3 is 2.15 bits per heavy atom. The molecule has 3 amide bonds. The van der Waals surface area contributed by atoms with Gasteiger partial charge in [-0.1, -0.05) is 59.6 Å². The van der Waals surface area contributed by atoms with Gasteiger partial charge in [-0.25, -0.2) is 19.3 Å². The monoisotopic (exact) mass is 742 g/mol. The lowest BCUT2D eigenvalue weighted by Crippen LogP contribution is -2.41. The number of aromatic nitrogens is 4. The number of pyridine rings is 1. The molecule has 13 nitrogen and oxygen atoms in total. The third-order valence-corrected chi connectivity index (χ3v) is 10.2. The van der Waals surface area contributed by atoms with E-state index in [4.69, 9.17) is 37.9 Å². The summed E-state index contributed by atoms with van der Waals surface area (Å²) < 4.78 is 7.32. The van der Waals surface area contributed by atoms with Crippen molar-refractivity contribution in [2.45, 2.75) is 50.9 Å².